The van der Waals surface area contributed by atoms with Crippen LogP contribution in [0.3, 0.4) is 0 Å². The van der Waals surface area contributed by atoms with Gasteiger partial charge in [-0.25, -0.2) is 4.39 Å². The van der Waals surface area contributed by atoms with Crippen molar-refractivity contribution in [3.63, 3.8) is 0 Å². The van der Waals surface area contributed by atoms with Gasteiger partial charge in [0, 0.05) is 5.39 Å². The van der Waals surface area contributed by atoms with E-state index in [1.807, 2.05) is 54.6 Å². The maximum atomic E-state index is 14.4. The number of hydrogen-bond acceptors (Lipinski definition) is 2. The Labute approximate surface area is 166 Å². The number of benzene rings is 4. The highest BCUT2D eigenvalue weighted by atomic mass is 19.3. The maximum absolute atomic E-state index is 14.4. The maximum Gasteiger partial charge on any atom is 0.387 e. The molecule has 4 aromatic rings. The van der Waals surface area contributed by atoms with E-state index in [2.05, 4.69) is 4.74 Å². The van der Waals surface area contributed by atoms with Crippen LogP contribution in [0.15, 0.2) is 78.9 Å². The highest BCUT2D eigenvalue weighted by molar-refractivity contribution is 5.89. The van der Waals surface area contributed by atoms with Crippen LogP contribution in [-0.4, -0.2) is 13.7 Å². The van der Waals surface area contributed by atoms with E-state index in [0.29, 0.717) is 5.39 Å². The summed E-state index contributed by atoms with van der Waals surface area (Å²) in [6.45, 7) is -3.06. The van der Waals surface area contributed by atoms with E-state index in [-0.39, 0.29) is 5.39 Å². The molecule has 2 nitrogen and oxygen atoms in total. The van der Waals surface area contributed by atoms with E-state index >= 15 is 0 Å². The van der Waals surface area contributed by atoms with Crippen molar-refractivity contribution in [1.29, 1.82) is 0 Å². The van der Waals surface area contributed by atoms with Crippen LogP contribution < -0.4 is 9.47 Å². The highest BCUT2D eigenvalue weighted by Crippen LogP contribution is 2.32. The zero-order valence-electron chi connectivity index (χ0n) is 15.5. The summed E-state index contributed by atoms with van der Waals surface area (Å²) in [5.74, 6) is -0.441. The van der Waals surface area contributed by atoms with Gasteiger partial charge in [-0.05, 0) is 51.9 Å². The molecule has 0 unspecified atom stereocenters. The molecule has 29 heavy (non-hydrogen) atoms. The molecule has 0 aliphatic carbocycles. The van der Waals surface area contributed by atoms with Gasteiger partial charge in [-0.1, -0.05) is 54.6 Å². The van der Waals surface area contributed by atoms with Gasteiger partial charge in [-0.15, -0.1) is 0 Å². The average Bonchev–Trinajstić information content (AvgIpc) is 2.75. The Hall–Kier alpha value is -3.47. The Morgan fingerprint density at radius 2 is 1.24 bits per heavy atom. The Morgan fingerprint density at radius 1 is 0.690 bits per heavy atom. The van der Waals surface area contributed by atoms with E-state index in [1.165, 1.54) is 6.07 Å². The lowest BCUT2D eigenvalue weighted by Crippen LogP contribution is -2.03. The summed E-state index contributed by atoms with van der Waals surface area (Å²) in [7, 11) is 1.63. The molecule has 0 aliphatic rings. The number of methoxy groups -OCH3 is 1. The Morgan fingerprint density at radius 3 is 1.83 bits per heavy atom. The third-order valence-corrected chi connectivity index (χ3v) is 4.78. The molecule has 146 valence electrons. The van der Waals surface area contributed by atoms with Gasteiger partial charge in [0.1, 0.15) is 5.75 Å². The van der Waals surface area contributed by atoms with Crippen molar-refractivity contribution in [3.8, 4) is 33.8 Å². The molecule has 0 aliphatic heterocycles. The average molecular weight is 394 g/mol. The van der Waals surface area contributed by atoms with Crippen molar-refractivity contribution in [2.45, 2.75) is 6.61 Å². The number of fused-ring (bicyclic) bond motifs is 1. The van der Waals surface area contributed by atoms with Crippen molar-refractivity contribution in [3.05, 3.63) is 84.7 Å². The second-order valence-corrected chi connectivity index (χ2v) is 6.50. The zero-order chi connectivity index (χ0) is 20.4. The van der Waals surface area contributed by atoms with Crippen LogP contribution >= 0.6 is 0 Å². The van der Waals surface area contributed by atoms with Crippen LogP contribution in [-0.2, 0) is 0 Å². The lowest BCUT2D eigenvalue weighted by atomic mass is 9.98. The monoisotopic (exact) mass is 394 g/mol. The van der Waals surface area contributed by atoms with Crippen LogP contribution in [0.5, 0.6) is 11.5 Å². The lowest BCUT2D eigenvalue weighted by molar-refractivity contribution is -0.0520. The molecule has 4 rings (SSSR count). The van der Waals surface area contributed by atoms with Gasteiger partial charge in [0.05, 0.1) is 7.11 Å². The molecule has 0 aromatic heterocycles. The van der Waals surface area contributed by atoms with Gasteiger partial charge in [-0.3, -0.25) is 0 Å². The van der Waals surface area contributed by atoms with Crippen molar-refractivity contribution < 1.29 is 22.6 Å². The molecule has 0 radical (unpaired) electrons. The molecule has 0 saturated heterocycles. The molecule has 0 atom stereocenters. The van der Waals surface area contributed by atoms with E-state index in [9.17, 15) is 13.2 Å². The first-order valence-corrected chi connectivity index (χ1v) is 8.97. The first kappa shape index (κ1) is 18.9. The molecule has 0 heterocycles. The van der Waals surface area contributed by atoms with Gasteiger partial charge in [0.2, 0.25) is 0 Å². The first-order valence-electron chi connectivity index (χ1n) is 8.97. The second-order valence-electron chi connectivity index (χ2n) is 6.50. The number of ether oxygens (including phenoxy) is 2. The van der Waals surface area contributed by atoms with Crippen LogP contribution in [0.25, 0.3) is 33.0 Å². The Kier molecular flexibility index (Phi) is 5.12. The van der Waals surface area contributed by atoms with Crippen LogP contribution in [0.1, 0.15) is 0 Å². The summed E-state index contributed by atoms with van der Waals surface area (Å²) < 4.78 is 48.6. The normalized spacial score (nSPS) is 11.1. The number of alkyl halides is 2. The third-order valence-electron chi connectivity index (χ3n) is 4.78. The fraction of sp³-hybridized carbons (Fsp3) is 0.0833. The van der Waals surface area contributed by atoms with Crippen molar-refractivity contribution in [2.75, 3.05) is 7.11 Å². The van der Waals surface area contributed by atoms with E-state index in [0.717, 1.165) is 28.0 Å². The predicted octanol–water partition coefficient (Wildman–Crippen LogP) is 6.92. The van der Waals surface area contributed by atoms with Crippen LogP contribution in [0.2, 0.25) is 0 Å². The zero-order valence-corrected chi connectivity index (χ0v) is 15.5. The number of halogens is 3. The highest BCUT2D eigenvalue weighted by Gasteiger charge is 2.13. The van der Waals surface area contributed by atoms with Gasteiger partial charge in [-0.2, -0.15) is 8.78 Å². The molecule has 0 fully saturated rings. The fourth-order valence-electron chi connectivity index (χ4n) is 3.28. The van der Waals surface area contributed by atoms with Crippen LogP contribution in [0.4, 0.5) is 13.2 Å². The fourth-order valence-corrected chi connectivity index (χ4v) is 3.28. The molecule has 0 amide bonds. The summed E-state index contributed by atoms with van der Waals surface area (Å²) in [6.07, 6.45) is 0. The standard InChI is InChI=1S/C24H17F3O2/c1-28-20-10-6-16(7-11-20)15-2-4-17(5-3-15)18-8-12-21-19(14-18)9-13-22(23(21)25)29-24(26)27/h2-14,24H,1H3. The minimum atomic E-state index is -3.06. The van der Waals surface area contributed by atoms with Gasteiger partial charge in [0.25, 0.3) is 0 Å². The second kappa shape index (κ2) is 7.87. The topological polar surface area (TPSA) is 18.5 Å². The minimum Gasteiger partial charge on any atom is -0.497 e. The molecular weight excluding hydrogens is 377 g/mol. The third kappa shape index (κ3) is 3.90. The SMILES string of the molecule is COc1ccc(-c2ccc(-c3ccc4c(F)c(OC(F)F)ccc4c3)cc2)cc1. The molecule has 5 heteroatoms. The van der Waals surface area contributed by atoms with E-state index in [4.69, 9.17) is 4.74 Å². The molecule has 4 aromatic carbocycles. The smallest absolute Gasteiger partial charge is 0.387 e. The summed E-state index contributed by atoms with van der Waals surface area (Å²) in [5, 5.41) is 0.850. The lowest BCUT2D eigenvalue weighted by Gasteiger charge is -2.10. The molecular formula is C24H17F3O2. The van der Waals surface area contributed by atoms with Gasteiger partial charge >= 0.3 is 6.61 Å². The first-order chi connectivity index (χ1) is 14.0. The van der Waals surface area contributed by atoms with Crippen molar-refractivity contribution in [1.82, 2.24) is 0 Å². The van der Waals surface area contributed by atoms with Gasteiger partial charge in [0.15, 0.2) is 11.6 Å². The summed E-state index contributed by atoms with van der Waals surface area (Å²) in [5.41, 5.74) is 4.01. The largest absolute Gasteiger partial charge is 0.497 e. The van der Waals surface area contributed by atoms with E-state index < -0.39 is 18.2 Å². The molecule has 0 N–H and O–H groups in total. The quantitative estimate of drug-likeness (QED) is 0.366. The summed E-state index contributed by atoms with van der Waals surface area (Å²) in [4.78, 5) is 0. The number of hydrogen-bond donors (Lipinski definition) is 0. The predicted molar refractivity (Wildman–Crippen MR) is 108 cm³/mol. The molecule has 0 saturated carbocycles. The summed E-state index contributed by atoms with van der Waals surface area (Å²) in [6, 6.07) is 23.8. The Balaban J connectivity index is 1.63. The van der Waals surface area contributed by atoms with Gasteiger partial charge < -0.3 is 9.47 Å². The Bertz CT molecular complexity index is 1140. The number of rotatable bonds is 5. The van der Waals surface area contributed by atoms with Crippen molar-refractivity contribution in [2.24, 2.45) is 0 Å². The molecule has 0 spiro atoms. The minimum absolute atomic E-state index is 0.238. The van der Waals surface area contributed by atoms with Crippen molar-refractivity contribution >= 4 is 10.8 Å². The summed E-state index contributed by atoms with van der Waals surface area (Å²) >= 11 is 0. The molecule has 0 bridgehead atoms. The van der Waals surface area contributed by atoms with E-state index in [1.54, 1.807) is 25.3 Å². The van der Waals surface area contributed by atoms with Crippen LogP contribution in [0, 0.1) is 5.82 Å².